The van der Waals surface area contributed by atoms with Gasteiger partial charge in [-0.1, -0.05) is 40.8 Å². The van der Waals surface area contributed by atoms with Crippen molar-refractivity contribution in [1.29, 1.82) is 0 Å². The van der Waals surface area contributed by atoms with E-state index in [1.807, 2.05) is 22.6 Å². The summed E-state index contributed by atoms with van der Waals surface area (Å²) in [6.07, 6.45) is -8.51. The van der Waals surface area contributed by atoms with E-state index < -0.39 is 66.7 Å². The molecule has 3 unspecified atom stereocenters. The van der Waals surface area contributed by atoms with Gasteiger partial charge in [0.25, 0.3) is 0 Å². The monoisotopic (exact) mass is 581 g/mol. The second-order valence-electron chi connectivity index (χ2n) is 6.91. The maximum atomic E-state index is 14.6. The topological polar surface area (TPSA) is 87.5 Å². The summed E-state index contributed by atoms with van der Waals surface area (Å²) in [7, 11) is -4.69. The molecule has 0 radical (unpaired) electrons. The van der Waals surface area contributed by atoms with Crippen LogP contribution in [0.15, 0.2) is 29.2 Å². The molecule has 0 spiro atoms. The molecule has 2 heterocycles. The Kier molecular flexibility index (Phi) is 6.37. The molecule has 1 aliphatic rings. The van der Waals surface area contributed by atoms with E-state index in [1.54, 1.807) is 0 Å². The number of benzene rings is 1. The van der Waals surface area contributed by atoms with E-state index in [1.165, 1.54) is 18.2 Å². The minimum absolute atomic E-state index is 0.171. The molecule has 0 saturated heterocycles. The van der Waals surface area contributed by atoms with Gasteiger partial charge in [-0.3, -0.25) is 0 Å². The third-order valence-electron chi connectivity index (χ3n) is 5.08. The second kappa shape index (κ2) is 8.15. The van der Waals surface area contributed by atoms with Gasteiger partial charge in [0.1, 0.15) is 17.0 Å². The van der Waals surface area contributed by atoms with Crippen LogP contribution in [-0.4, -0.2) is 33.3 Å². The lowest BCUT2D eigenvalue weighted by atomic mass is 9.82. The molecule has 2 N–H and O–H groups in total. The van der Waals surface area contributed by atoms with Crippen molar-refractivity contribution >= 4 is 32.4 Å². The summed E-state index contributed by atoms with van der Waals surface area (Å²) in [5.41, 5.74) is -6.88. The van der Waals surface area contributed by atoms with Gasteiger partial charge in [-0.2, -0.15) is 17.6 Å². The molecule has 1 aromatic carbocycles. The van der Waals surface area contributed by atoms with Crippen LogP contribution in [0.1, 0.15) is 35.8 Å². The normalized spacial score (nSPS) is 23.6. The smallest absolute Gasteiger partial charge is 0.387 e. The average molecular weight is 581 g/mol. The number of hydrogen-bond acceptors (Lipinski definition) is 5. The first-order valence-electron chi connectivity index (χ1n) is 8.69. The SMILES string of the molecule is O=S1(=O)c2ccccc2C(O)(CCCI)C1C(O)c1c(F)c(F)nc(C(F)(F)F)c1F. The van der Waals surface area contributed by atoms with Crippen molar-refractivity contribution < 1.29 is 45.0 Å². The summed E-state index contributed by atoms with van der Waals surface area (Å²) >= 11 is 1.93. The van der Waals surface area contributed by atoms with E-state index in [-0.39, 0.29) is 18.4 Å². The van der Waals surface area contributed by atoms with E-state index in [0.29, 0.717) is 4.43 Å². The molecule has 13 heteroatoms. The van der Waals surface area contributed by atoms with Gasteiger partial charge in [0.2, 0.25) is 5.95 Å². The molecule has 0 saturated carbocycles. The Bertz CT molecular complexity index is 1130. The van der Waals surface area contributed by atoms with E-state index in [2.05, 4.69) is 4.98 Å². The Morgan fingerprint density at radius 1 is 1.16 bits per heavy atom. The Morgan fingerprint density at radius 2 is 1.77 bits per heavy atom. The Morgan fingerprint density at radius 3 is 2.35 bits per heavy atom. The zero-order valence-corrected chi connectivity index (χ0v) is 18.3. The first-order chi connectivity index (χ1) is 14.3. The maximum absolute atomic E-state index is 14.6. The number of alkyl halides is 4. The molecule has 170 valence electrons. The molecule has 0 aliphatic carbocycles. The van der Waals surface area contributed by atoms with Crippen molar-refractivity contribution in [3.8, 4) is 0 Å². The molecular formula is C18H14F6INO4S. The van der Waals surface area contributed by atoms with Gasteiger partial charge < -0.3 is 10.2 Å². The quantitative estimate of drug-likeness (QED) is 0.243. The predicted molar refractivity (Wildman–Crippen MR) is 104 cm³/mol. The fourth-order valence-electron chi connectivity index (χ4n) is 3.79. The predicted octanol–water partition coefficient (Wildman–Crippen LogP) is 3.81. The highest BCUT2D eigenvalue weighted by molar-refractivity contribution is 14.1. The van der Waals surface area contributed by atoms with Gasteiger partial charge in [-0.25, -0.2) is 22.2 Å². The molecular weight excluding hydrogens is 567 g/mol. The molecule has 1 aromatic heterocycles. The lowest BCUT2D eigenvalue weighted by Gasteiger charge is -2.33. The van der Waals surface area contributed by atoms with Crippen LogP contribution in [0.3, 0.4) is 0 Å². The van der Waals surface area contributed by atoms with Crippen molar-refractivity contribution in [2.75, 3.05) is 4.43 Å². The van der Waals surface area contributed by atoms with Crippen LogP contribution in [0.25, 0.3) is 0 Å². The van der Waals surface area contributed by atoms with Gasteiger partial charge in [0.15, 0.2) is 27.2 Å². The molecule has 0 amide bonds. The van der Waals surface area contributed by atoms with Crippen LogP contribution in [0.2, 0.25) is 0 Å². The lowest BCUT2D eigenvalue weighted by Crippen LogP contribution is -2.43. The number of halogens is 7. The lowest BCUT2D eigenvalue weighted by molar-refractivity contribution is -0.144. The van der Waals surface area contributed by atoms with Crippen LogP contribution in [0.5, 0.6) is 0 Å². The fraction of sp³-hybridized carbons (Fsp3) is 0.389. The molecule has 1 aliphatic heterocycles. The van der Waals surface area contributed by atoms with Gasteiger partial charge in [-0.05, 0) is 23.3 Å². The van der Waals surface area contributed by atoms with Gasteiger partial charge in [0.05, 0.1) is 10.5 Å². The van der Waals surface area contributed by atoms with E-state index in [4.69, 9.17) is 0 Å². The third kappa shape index (κ3) is 3.82. The van der Waals surface area contributed by atoms with Crippen LogP contribution in [0, 0.1) is 17.6 Å². The van der Waals surface area contributed by atoms with E-state index >= 15 is 0 Å². The summed E-state index contributed by atoms with van der Waals surface area (Å²) in [6, 6.07) is 5.01. The number of aliphatic hydroxyl groups excluding tert-OH is 1. The molecule has 31 heavy (non-hydrogen) atoms. The number of aromatic nitrogens is 1. The van der Waals surface area contributed by atoms with Crippen LogP contribution >= 0.6 is 22.6 Å². The highest BCUT2D eigenvalue weighted by Crippen LogP contribution is 2.51. The molecule has 0 bridgehead atoms. The van der Waals surface area contributed by atoms with Crippen molar-refractivity contribution in [3.63, 3.8) is 0 Å². The number of hydrogen-bond donors (Lipinski definition) is 2. The number of aliphatic hydroxyl groups is 2. The summed E-state index contributed by atoms with van der Waals surface area (Å²) in [5.74, 6) is -7.10. The summed E-state index contributed by atoms with van der Waals surface area (Å²) in [4.78, 5) is 1.77. The first-order valence-corrected chi connectivity index (χ1v) is 11.8. The molecule has 5 nitrogen and oxygen atoms in total. The standard InChI is InChI=1S/C18H14F6INO4S/c19-11-10(12(20)16(21)26-14(11)18(22,23)24)13(27)15-17(28,6-3-7-25)8-4-1-2-5-9(8)31(15,29)30/h1-2,4-5,13,15,27-28H,3,6-7H2. The summed E-state index contributed by atoms with van der Waals surface area (Å²) in [6.45, 7) is 0. The highest BCUT2D eigenvalue weighted by Gasteiger charge is 2.59. The number of sulfone groups is 1. The average Bonchev–Trinajstić information content (AvgIpc) is 2.85. The fourth-order valence-corrected chi connectivity index (χ4v) is 6.50. The largest absolute Gasteiger partial charge is 0.436 e. The van der Waals surface area contributed by atoms with Crippen LogP contribution < -0.4 is 0 Å². The van der Waals surface area contributed by atoms with Crippen LogP contribution in [-0.2, 0) is 21.6 Å². The molecule has 3 atom stereocenters. The number of pyridine rings is 1. The minimum Gasteiger partial charge on any atom is -0.387 e. The van der Waals surface area contributed by atoms with E-state index in [9.17, 15) is 45.0 Å². The minimum atomic E-state index is -5.55. The Hall–Kier alpha value is -1.45. The zero-order chi connectivity index (χ0) is 23.4. The number of fused-ring (bicyclic) bond motifs is 1. The summed E-state index contributed by atoms with van der Waals surface area (Å²) < 4.78 is 108. The van der Waals surface area contributed by atoms with Gasteiger partial charge in [-0.15, -0.1) is 0 Å². The van der Waals surface area contributed by atoms with Crippen molar-refractivity contribution in [2.45, 2.75) is 40.9 Å². The number of nitrogens with zero attached hydrogens (tertiary/aromatic N) is 1. The first kappa shape index (κ1) is 24.2. The second-order valence-corrected chi connectivity index (χ2v) is 10.0. The molecule has 0 fully saturated rings. The summed E-state index contributed by atoms with van der Waals surface area (Å²) in [5, 5.41) is 19.5. The van der Waals surface area contributed by atoms with Crippen molar-refractivity contribution in [1.82, 2.24) is 4.98 Å². The highest BCUT2D eigenvalue weighted by atomic mass is 127. The maximum Gasteiger partial charge on any atom is 0.436 e. The Labute approximate surface area is 186 Å². The zero-order valence-electron chi connectivity index (χ0n) is 15.3. The molecule has 3 rings (SSSR count). The third-order valence-corrected chi connectivity index (χ3v) is 8.13. The molecule has 2 aromatic rings. The van der Waals surface area contributed by atoms with Crippen LogP contribution in [0.4, 0.5) is 26.3 Å². The van der Waals surface area contributed by atoms with Gasteiger partial charge in [0, 0.05) is 5.56 Å². The number of rotatable bonds is 5. The van der Waals surface area contributed by atoms with E-state index in [0.717, 1.165) is 6.07 Å². The Balaban J connectivity index is 2.28. The van der Waals surface area contributed by atoms with Gasteiger partial charge >= 0.3 is 6.18 Å². The van der Waals surface area contributed by atoms with Crippen molar-refractivity contribution in [2.24, 2.45) is 0 Å². The van der Waals surface area contributed by atoms with Crippen molar-refractivity contribution in [3.05, 3.63) is 58.7 Å².